The molecule has 2 heterocycles. The standard InChI is InChI=1S/C26H22F2N4O2/c1-16-25-30-20-9-5-6-10-22(20)32(25)23(26(34)31(16)15-17-7-3-2-4-8-17)14-24(33)29-21-13-18(27)11-12-19(21)28/h2-13,16,23H,14-15H2,1H3,(H,29,33)/t16-,23+/m0/s1. The van der Waals surface area contributed by atoms with Gasteiger partial charge in [0.25, 0.3) is 0 Å². The number of nitrogens with zero attached hydrogens (tertiary/aromatic N) is 3. The van der Waals surface area contributed by atoms with E-state index < -0.39 is 23.6 Å². The van der Waals surface area contributed by atoms with E-state index in [4.69, 9.17) is 4.98 Å². The van der Waals surface area contributed by atoms with Gasteiger partial charge in [-0.1, -0.05) is 42.5 Å². The van der Waals surface area contributed by atoms with Gasteiger partial charge in [-0.2, -0.15) is 0 Å². The third kappa shape index (κ3) is 3.91. The van der Waals surface area contributed by atoms with Crippen LogP contribution in [0.4, 0.5) is 14.5 Å². The Balaban J connectivity index is 1.51. The van der Waals surface area contributed by atoms with E-state index in [1.54, 1.807) is 9.47 Å². The van der Waals surface area contributed by atoms with Crippen LogP contribution in [0.15, 0.2) is 72.8 Å². The van der Waals surface area contributed by atoms with E-state index in [1.807, 2.05) is 61.5 Å². The highest BCUT2D eigenvalue weighted by atomic mass is 19.1. The van der Waals surface area contributed by atoms with Gasteiger partial charge in [0.1, 0.15) is 23.5 Å². The van der Waals surface area contributed by atoms with Crippen LogP contribution in [-0.4, -0.2) is 26.3 Å². The minimum Gasteiger partial charge on any atom is -0.327 e. The first-order valence-corrected chi connectivity index (χ1v) is 11.0. The molecule has 2 atom stereocenters. The van der Waals surface area contributed by atoms with Gasteiger partial charge in [0.2, 0.25) is 11.8 Å². The van der Waals surface area contributed by atoms with Crippen LogP contribution in [0.5, 0.6) is 0 Å². The summed E-state index contributed by atoms with van der Waals surface area (Å²) in [5, 5.41) is 2.41. The predicted octanol–water partition coefficient (Wildman–Crippen LogP) is 4.99. The van der Waals surface area contributed by atoms with E-state index in [0.29, 0.717) is 12.4 Å². The maximum atomic E-state index is 14.1. The second kappa shape index (κ2) is 8.70. The fourth-order valence-electron chi connectivity index (χ4n) is 4.46. The number of carbonyl (C=O) groups excluding carboxylic acids is 2. The van der Waals surface area contributed by atoms with Crippen molar-refractivity contribution in [2.45, 2.75) is 32.0 Å². The Morgan fingerprint density at radius 2 is 1.76 bits per heavy atom. The topological polar surface area (TPSA) is 67.2 Å². The maximum Gasteiger partial charge on any atom is 0.247 e. The van der Waals surface area contributed by atoms with Crippen molar-refractivity contribution in [2.75, 3.05) is 5.32 Å². The lowest BCUT2D eigenvalue weighted by molar-refractivity contribution is -0.142. The van der Waals surface area contributed by atoms with Gasteiger partial charge in [-0.25, -0.2) is 13.8 Å². The molecule has 34 heavy (non-hydrogen) atoms. The largest absolute Gasteiger partial charge is 0.327 e. The molecule has 0 aliphatic carbocycles. The van der Waals surface area contributed by atoms with Crippen molar-refractivity contribution in [3.8, 4) is 0 Å². The van der Waals surface area contributed by atoms with E-state index in [0.717, 1.165) is 34.8 Å². The molecule has 0 fully saturated rings. The van der Waals surface area contributed by atoms with Gasteiger partial charge in [-0.05, 0) is 36.8 Å². The number of aromatic nitrogens is 2. The summed E-state index contributed by atoms with van der Waals surface area (Å²) in [6.45, 7) is 2.28. The smallest absolute Gasteiger partial charge is 0.247 e. The molecule has 0 radical (unpaired) electrons. The quantitative estimate of drug-likeness (QED) is 0.456. The Labute approximate surface area is 194 Å². The molecule has 1 aliphatic heterocycles. The molecule has 1 aromatic heterocycles. The molecule has 0 bridgehead atoms. The zero-order valence-corrected chi connectivity index (χ0v) is 18.4. The summed E-state index contributed by atoms with van der Waals surface area (Å²) in [7, 11) is 0. The molecule has 0 saturated heterocycles. The first kappa shape index (κ1) is 21.8. The van der Waals surface area contributed by atoms with E-state index in [9.17, 15) is 18.4 Å². The van der Waals surface area contributed by atoms with Crippen LogP contribution < -0.4 is 5.32 Å². The molecule has 4 aromatic rings. The van der Waals surface area contributed by atoms with E-state index >= 15 is 0 Å². The van der Waals surface area contributed by atoms with Crippen molar-refractivity contribution in [2.24, 2.45) is 0 Å². The highest BCUT2D eigenvalue weighted by Gasteiger charge is 2.40. The Morgan fingerprint density at radius 3 is 2.56 bits per heavy atom. The van der Waals surface area contributed by atoms with Crippen molar-refractivity contribution < 1.29 is 18.4 Å². The van der Waals surface area contributed by atoms with Crippen LogP contribution in [0.2, 0.25) is 0 Å². The van der Waals surface area contributed by atoms with Gasteiger partial charge in [-0.15, -0.1) is 0 Å². The molecule has 172 valence electrons. The predicted molar refractivity (Wildman–Crippen MR) is 124 cm³/mol. The molecule has 5 rings (SSSR count). The number of benzene rings is 3. The summed E-state index contributed by atoms with van der Waals surface area (Å²) in [6.07, 6.45) is -0.250. The highest BCUT2D eigenvalue weighted by Crippen LogP contribution is 2.37. The number of fused-ring (bicyclic) bond motifs is 3. The number of nitrogens with one attached hydrogen (secondary N) is 1. The molecule has 0 unspecified atom stereocenters. The van der Waals surface area contributed by atoms with Crippen molar-refractivity contribution in [3.63, 3.8) is 0 Å². The lowest BCUT2D eigenvalue weighted by Crippen LogP contribution is -2.45. The zero-order valence-electron chi connectivity index (χ0n) is 18.4. The fraction of sp³-hybridized carbons (Fsp3) is 0.192. The third-order valence-electron chi connectivity index (χ3n) is 6.12. The molecule has 1 aliphatic rings. The van der Waals surface area contributed by atoms with Gasteiger partial charge in [0, 0.05) is 12.6 Å². The maximum absolute atomic E-state index is 14.1. The average Bonchev–Trinajstić information content (AvgIpc) is 3.22. The first-order valence-electron chi connectivity index (χ1n) is 11.0. The van der Waals surface area contributed by atoms with Crippen LogP contribution >= 0.6 is 0 Å². The van der Waals surface area contributed by atoms with Crippen LogP contribution in [0, 0.1) is 11.6 Å². The van der Waals surface area contributed by atoms with Crippen LogP contribution in [0.3, 0.4) is 0 Å². The number of imidazole rings is 1. The minimum atomic E-state index is -0.876. The molecule has 3 aromatic carbocycles. The zero-order chi connectivity index (χ0) is 23.8. The monoisotopic (exact) mass is 460 g/mol. The Hall–Kier alpha value is -4.07. The van der Waals surface area contributed by atoms with Gasteiger partial charge in [0.15, 0.2) is 0 Å². The van der Waals surface area contributed by atoms with Crippen molar-refractivity contribution in [1.82, 2.24) is 14.5 Å². The third-order valence-corrected chi connectivity index (χ3v) is 6.12. The van der Waals surface area contributed by atoms with E-state index in [1.165, 1.54) is 0 Å². The second-order valence-corrected chi connectivity index (χ2v) is 8.35. The molecule has 8 heteroatoms. The average molecular weight is 460 g/mol. The molecular formula is C26H22F2N4O2. The molecule has 2 amide bonds. The van der Waals surface area contributed by atoms with Gasteiger partial charge in [0.05, 0.1) is 29.2 Å². The Kier molecular flexibility index (Phi) is 5.57. The van der Waals surface area contributed by atoms with Crippen LogP contribution in [0.1, 0.15) is 36.8 Å². The first-order chi connectivity index (χ1) is 16.4. The molecular weight excluding hydrogens is 438 g/mol. The number of anilines is 1. The van der Waals surface area contributed by atoms with Gasteiger partial charge < -0.3 is 14.8 Å². The van der Waals surface area contributed by atoms with E-state index in [-0.39, 0.29) is 24.1 Å². The molecule has 0 saturated carbocycles. The summed E-state index contributed by atoms with van der Waals surface area (Å²) >= 11 is 0. The lowest BCUT2D eigenvalue weighted by atomic mass is 10.0. The van der Waals surface area contributed by atoms with Crippen LogP contribution in [-0.2, 0) is 16.1 Å². The molecule has 1 N–H and O–H groups in total. The number of hydrogen-bond donors (Lipinski definition) is 1. The molecule has 0 spiro atoms. The number of amides is 2. The van der Waals surface area contributed by atoms with Crippen molar-refractivity contribution in [1.29, 1.82) is 0 Å². The number of hydrogen-bond acceptors (Lipinski definition) is 3. The van der Waals surface area contributed by atoms with Gasteiger partial charge in [-0.3, -0.25) is 9.59 Å². The molecule has 6 nitrogen and oxygen atoms in total. The summed E-state index contributed by atoms with van der Waals surface area (Å²) < 4.78 is 29.4. The summed E-state index contributed by atoms with van der Waals surface area (Å²) in [4.78, 5) is 33.1. The Bertz CT molecular complexity index is 1390. The SMILES string of the molecule is C[C@H]1c2nc3ccccc3n2[C@H](CC(=O)Nc2cc(F)ccc2F)C(=O)N1Cc1ccccc1. The number of para-hydroxylation sites is 2. The van der Waals surface area contributed by atoms with Crippen molar-refractivity contribution in [3.05, 3.63) is 95.8 Å². The minimum absolute atomic E-state index is 0.234. The van der Waals surface area contributed by atoms with Crippen LogP contribution in [0.25, 0.3) is 11.0 Å². The normalized spacial score (nSPS) is 17.6. The van der Waals surface area contributed by atoms with E-state index in [2.05, 4.69) is 5.32 Å². The fourth-order valence-corrected chi connectivity index (χ4v) is 4.46. The number of carbonyl (C=O) groups is 2. The Morgan fingerprint density at radius 1 is 1.03 bits per heavy atom. The summed E-state index contributed by atoms with van der Waals surface area (Å²) in [5.74, 6) is -1.58. The van der Waals surface area contributed by atoms with Gasteiger partial charge >= 0.3 is 0 Å². The van der Waals surface area contributed by atoms with Crippen molar-refractivity contribution >= 4 is 28.5 Å². The number of rotatable bonds is 5. The summed E-state index contributed by atoms with van der Waals surface area (Å²) in [5.41, 5.74) is 2.16. The highest BCUT2D eigenvalue weighted by molar-refractivity contribution is 5.96. The lowest BCUT2D eigenvalue weighted by Gasteiger charge is -2.38. The second-order valence-electron chi connectivity index (χ2n) is 8.35. The summed E-state index contributed by atoms with van der Waals surface area (Å²) in [6, 6.07) is 18.7. The number of halogens is 2.